The van der Waals surface area contributed by atoms with Crippen molar-refractivity contribution < 1.29 is 18.7 Å². The Morgan fingerprint density at radius 3 is 2.17 bits per heavy atom. The van der Waals surface area contributed by atoms with Crippen LogP contribution in [0.2, 0.25) is 0 Å². The van der Waals surface area contributed by atoms with E-state index in [1.54, 1.807) is 12.1 Å². The quantitative estimate of drug-likeness (QED) is 0.443. The van der Waals surface area contributed by atoms with Gasteiger partial charge in [-0.05, 0) is 61.4 Å². The van der Waals surface area contributed by atoms with Gasteiger partial charge < -0.3 is 30.5 Å². The van der Waals surface area contributed by atoms with Gasteiger partial charge in [0, 0.05) is 49.3 Å². The van der Waals surface area contributed by atoms with Gasteiger partial charge in [0.05, 0.1) is 12.8 Å². The van der Waals surface area contributed by atoms with Gasteiger partial charge in [-0.1, -0.05) is 18.2 Å². The summed E-state index contributed by atoms with van der Waals surface area (Å²) in [6, 6.07) is 16.7. The van der Waals surface area contributed by atoms with Gasteiger partial charge in [-0.25, -0.2) is 14.0 Å². The predicted octanol–water partition coefficient (Wildman–Crippen LogP) is 5.45. The maximum Gasteiger partial charge on any atom is 0.323 e. The van der Waals surface area contributed by atoms with Crippen LogP contribution in [0.1, 0.15) is 11.1 Å². The zero-order valence-electron chi connectivity index (χ0n) is 20.6. The van der Waals surface area contributed by atoms with Crippen molar-refractivity contribution >= 4 is 34.8 Å². The number of methoxy groups -OCH3 is 1. The highest BCUT2D eigenvalue weighted by Gasteiger charge is 2.22. The first-order chi connectivity index (χ1) is 17.3. The van der Waals surface area contributed by atoms with Gasteiger partial charge in [0.15, 0.2) is 0 Å². The molecule has 0 aromatic heterocycles. The number of nitrogens with one attached hydrogen (secondary N) is 3. The number of anilines is 4. The van der Waals surface area contributed by atoms with Crippen LogP contribution in [0.3, 0.4) is 0 Å². The van der Waals surface area contributed by atoms with Crippen molar-refractivity contribution in [2.45, 2.75) is 13.8 Å². The number of aryl methyl sites for hydroxylation is 2. The lowest BCUT2D eigenvalue weighted by atomic mass is 10.1. The zero-order valence-corrected chi connectivity index (χ0v) is 20.6. The number of carbonyl (C=O) groups excluding carboxylic acids is 2. The number of halogens is 1. The van der Waals surface area contributed by atoms with Crippen LogP contribution < -0.4 is 25.6 Å². The number of benzene rings is 3. The van der Waals surface area contributed by atoms with Gasteiger partial charge in [-0.2, -0.15) is 0 Å². The van der Waals surface area contributed by atoms with Crippen LogP contribution in [-0.4, -0.2) is 50.3 Å². The Morgan fingerprint density at radius 1 is 0.861 bits per heavy atom. The van der Waals surface area contributed by atoms with Crippen LogP contribution in [0.15, 0.2) is 60.7 Å². The average Bonchev–Trinajstić information content (AvgIpc) is 2.87. The third-order valence-electron chi connectivity index (χ3n) is 6.18. The fourth-order valence-electron chi connectivity index (χ4n) is 4.18. The molecule has 3 aromatic rings. The van der Waals surface area contributed by atoms with Crippen molar-refractivity contribution in [1.82, 2.24) is 4.90 Å². The molecule has 4 amide bonds. The summed E-state index contributed by atoms with van der Waals surface area (Å²) in [4.78, 5) is 29.2. The lowest BCUT2D eigenvalue weighted by Gasteiger charge is -2.36. The maximum atomic E-state index is 13.5. The number of rotatable bonds is 5. The minimum Gasteiger partial charge on any atom is -0.495 e. The largest absolute Gasteiger partial charge is 0.495 e. The van der Waals surface area contributed by atoms with Crippen LogP contribution in [0.5, 0.6) is 5.75 Å². The Labute approximate surface area is 210 Å². The standard InChI is InChI=1S/C27H30FN5O3/c1-18-5-4-6-19(2)25(18)31-27(35)33-15-13-32(14-16-33)22-10-8-21(9-11-22)29-26(34)30-23-17-20(28)7-12-24(23)36-3/h4-12,17H,13-16H2,1-3H3,(H,31,35)(H2,29,30,34). The summed E-state index contributed by atoms with van der Waals surface area (Å²) in [5.41, 5.74) is 4.79. The molecule has 0 spiro atoms. The summed E-state index contributed by atoms with van der Waals surface area (Å²) in [7, 11) is 1.45. The van der Waals surface area contributed by atoms with E-state index < -0.39 is 11.8 Å². The molecule has 3 aromatic carbocycles. The Balaban J connectivity index is 1.29. The van der Waals surface area contributed by atoms with Crippen LogP contribution in [0.25, 0.3) is 0 Å². The third kappa shape index (κ3) is 5.86. The molecule has 1 saturated heterocycles. The molecule has 1 aliphatic heterocycles. The molecular weight excluding hydrogens is 461 g/mol. The van der Waals surface area contributed by atoms with Gasteiger partial charge in [0.25, 0.3) is 0 Å². The highest BCUT2D eigenvalue weighted by atomic mass is 19.1. The highest BCUT2D eigenvalue weighted by Crippen LogP contribution is 2.26. The van der Waals surface area contributed by atoms with E-state index in [0.717, 1.165) is 22.5 Å². The summed E-state index contributed by atoms with van der Waals surface area (Å²) >= 11 is 0. The topological polar surface area (TPSA) is 85.9 Å². The number of para-hydroxylation sites is 1. The second kappa shape index (κ2) is 11.0. The van der Waals surface area contributed by atoms with Crippen molar-refractivity contribution in [2.75, 3.05) is 54.1 Å². The molecule has 1 fully saturated rings. The van der Waals surface area contributed by atoms with Crippen LogP contribution in [0.4, 0.5) is 36.7 Å². The number of piperazine rings is 1. The van der Waals surface area contributed by atoms with Crippen molar-refractivity contribution in [2.24, 2.45) is 0 Å². The fourth-order valence-corrected chi connectivity index (χ4v) is 4.18. The van der Waals surface area contributed by atoms with Crippen LogP contribution in [0, 0.1) is 19.7 Å². The molecule has 36 heavy (non-hydrogen) atoms. The average molecular weight is 492 g/mol. The number of hydrogen-bond donors (Lipinski definition) is 3. The van der Waals surface area contributed by atoms with Gasteiger partial charge >= 0.3 is 12.1 Å². The number of ether oxygens (including phenoxy) is 1. The molecule has 0 unspecified atom stereocenters. The maximum absolute atomic E-state index is 13.5. The zero-order chi connectivity index (χ0) is 25.7. The van der Waals surface area contributed by atoms with Crippen molar-refractivity contribution in [3.8, 4) is 5.75 Å². The minimum absolute atomic E-state index is 0.0902. The van der Waals surface area contributed by atoms with Crippen molar-refractivity contribution in [1.29, 1.82) is 0 Å². The number of carbonyl (C=O) groups is 2. The normalized spacial score (nSPS) is 13.2. The Kier molecular flexibility index (Phi) is 7.58. The molecule has 8 nitrogen and oxygen atoms in total. The molecular formula is C27H30FN5O3. The lowest BCUT2D eigenvalue weighted by molar-refractivity contribution is 0.208. The SMILES string of the molecule is COc1ccc(F)cc1NC(=O)Nc1ccc(N2CCN(C(=O)Nc3c(C)cccc3C)CC2)cc1. The van der Waals surface area contributed by atoms with E-state index in [9.17, 15) is 14.0 Å². The fraction of sp³-hybridized carbons (Fsp3) is 0.259. The summed E-state index contributed by atoms with van der Waals surface area (Å²) in [6.45, 7) is 6.59. The van der Waals surface area contributed by atoms with Gasteiger partial charge in [-0.3, -0.25) is 0 Å². The van der Waals surface area contributed by atoms with E-state index in [1.165, 1.54) is 25.3 Å². The molecule has 1 heterocycles. The minimum atomic E-state index is -0.504. The van der Waals surface area contributed by atoms with Crippen molar-refractivity contribution in [3.63, 3.8) is 0 Å². The second-order valence-corrected chi connectivity index (χ2v) is 8.64. The lowest BCUT2D eigenvalue weighted by Crippen LogP contribution is -2.50. The third-order valence-corrected chi connectivity index (χ3v) is 6.18. The number of amides is 4. The second-order valence-electron chi connectivity index (χ2n) is 8.64. The molecule has 9 heteroatoms. The Hall–Kier alpha value is -4.27. The van der Waals surface area contributed by atoms with E-state index in [2.05, 4.69) is 20.9 Å². The van der Waals surface area contributed by atoms with E-state index in [4.69, 9.17) is 4.74 Å². The number of hydrogen-bond acceptors (Lipinski definition) is 4. The monoisotopic (exact) mass is 491 g/mol. The van der Waals surface area contributed by atoms with E-state index >= 15 is 0 Å². The van der Waals surface area contributed by atoms with Gasteiger partial charge in [-0.15, -0.1) is 0 Å². The number of urea groups is 2. The summed E-state index contributed by atoms with van der Waals surface area (Å²) in [5.74, 6) is -0.109. The molecule has 4 rings (SSSR count). The molecule has 3 N–H and O–H groups in total. The molecule has 0 atom stereocenters. The summed E-state index contributed by atoms with van der Waals surface area (Å²) in [6.07, 6.45) is 0. The van der Waals surface area contributed by atoms with Crippen LogP contribution >= 0.6 is 0 Å². The van der Waals surface area contributed by atoms with Gasteiger partial charge in [0.2, 0.25) is 0 Å². The smallest absolute Gasteiger partial charge is 0.323 e. The predicted molar refractivity (Wildman–Crippen MR) is 141 cm³/mol. The van der Waals surface area contributed by atoms with E-state index in [0.29, 0.717) is 37.6 Å². The van der Waals surface area contributed by atoms with Gasteiger partial charge in [0.1, 0.15) is 11.6 Å². The first-order valence-corrected chi connectivity index (χ1v) is 11.7. The number of nitrogens with zero attached hydrogens (tertiary/aromatic N) is 2. The van der Waals surface area contributed by atoms with Crippen molar-refractivity contribution in [3.05, 3.63) is 77.6 Å². The molecule has 0 bridgehead atoms. The summed E-state index contributed by atoms with van der Waals surface area (Å²) in [5, 5.41) is 8.39. The molecule has 1 aliphatic rings. The molecule has 188 valence electrons. The van der Waals surface area contributed by atoms with Crippen LogP contribution in [-0.2, 0) is 0 Å². The molecule has 0 saturated carbocycles. The highest BCUT2D eigenvalue weighted by molar-refractivity contribution is 6.00. The van der Waals surface area contributed by atoms with E-state index in [1.807, 2.05) is 49.1 Å². The van der Waals surface area contributed by atoms with E-state index in [-0.39, 0.29) is 11.7 Å². The Morgan fingerprint density at radius 2 is 1.53 bits per heavy atom. The molecule has 0 radical (unpaired) electrons. The first-order valence-electron chi connectivity index (χ1n) is 11.7. The Bertz CT molecular complexity index is 1220. The molecule has 0 aliphatic carbocycles. The first kappa shape index (κ1) is 24.8. The summed E-state index contributed by atoms with van der Waals surface area (Å²) < 4.78 is 18.7.